The first-order chi connectivity index (χ1) is 13.7. The zero-order valence-corrected chi connectivity index (χ0v) is 15.3. The van der Waals surface area contributed by atoms with Gasteiger partial charge in [-0.25, -0.2) is 4.98 Å². The van der Waals surface area contributed by atoms with Gasteiger partial charge in [0.15, 0.2) is 0 Å². The molecule has 0 saturated heterocycles. The van der Waals surface area contributed by atoms with Crippen LogP contribution in [0.15, 0.2) is 67.0 Å². The number of hydrogen-bond acceptors (Lipinski definition) is 4. The van der Waals surface area contributed by atoms with Gasteiger partial charge >= 0.3 is 0 Å². The summed E-state index contributed by atoms with van der Waals surface area (Å²) in [4.78, 5) is 33.6. The highest BCUT2D eigenvalue weighted by Gasteiger charge is 2.17. The third-order valence-corrected chi connectivity index (χ3v) is 4.81. The number of para-hydroxylation sites is 1. The summed E-state index contributed by atoms with van der Waals surface area (Å²) in [5, 5.41) is 0.728. The molecule has 0 fully saturated rings. The first-order valence-electron chi connectivity index (χ1n) is 9.27. The molecule has 0 spiro atoms. The Balaban J connectivity index is 1.57. The van der Waals surface area contributed by atoms with E-state index in [1.54, 1.807) is 18.5 Å². The third-order valence-electron chi connectivity index (χ3n) is 4.81. The number of hydrogen-bond donors (Lipinski definition) is 2. The fraction of sp³-hybridized carbons (Fsp3) is 0.182. The Morgan fingerprint density at radius 2 is 1.89 bits per heavy atom. The Hall–Kier alpha value is -3.54. The van der Waals surface area contributed by atoms with Crippen LogP contribution < -0.4 is 10.9 Å². The second-order valence-corrected chi connectivity index (χ2v) is 6.78. The van der Waals surface area contributed by atoms with Gasteiger partial charge in [0.25, 0.3) is 5.91 Å². The van der Waals surface area contributed by atoms with Crippen LogP contribution >= 0.6 is 0 Å². The molecule has 6 nitrogen and oxygen atoms in total. The lowest BCUT2D eigenvalue weighted by Crippen LogP contribution is -2.42. The van der Waals surface area contributed by atoms with Gasteiger partial charge in [-0.15, -0.1) is 0 Å². The predicted octanol–water partition coefficient (Wildman–Crippen LogP) is 3.41. The number of allylic oxidation sites excluding steroid dienone is 2. The molecule has 2 amide bonds. The summed E-state index contributed by atoms with van der Waals surface area (Å²) in [6.45, 7) is 0. The zero-order valence-electron chi connectivity index (χ0n) is 15.3. The van der Waals surface area contributed by atoms with E-state index in [2.05, 4.69) is 33.0 Å². The molecule has 2 aromatic heterocycles. The van der Waals surface area contributed by atoms with E-state index in [4.69, 9.17) is 0 Å². The molecule has 4 rings (SSSR count). The highest BCUT2D eigenvalue weighted by atomic mass is 16.2. The van der Waals surface area contributed by atoms with Crippen LogP contribution in [0.3, 0.4) is 0 Å². The monoisotopic (exact) mass is 372 g/mol. The Labute approximate surface area is 162 Å². The van der Waals surface area contributed by atoms with Gasteiger partial charge < -0.3 is 0 Å². The molecular weight excluding hydrogens is 352 g/mol. The first kappa shape index (κ1) is 17.9. The number of aromatic nitrogens is 2. The lowest BCUT2D eigenvalue weighted by atomic mass is 10.0. The van der Waals surface area contributed by atoms with Crippen molar-refractivity contribution < 1.29 is 9.59 Å². The maximum atomic E-state index is 12.8. The molecule has 140 valence electrons. The molecule has 0 radical (unpaired) electrons. The van der Waals surface area contributed by atoms with Gasteiger partial charge in [0.05, 0.1) is 16.8 Å². The summed E-state index contributed by atoms with van der Waals surface area (Å²) in [6, 6.07) is 12.9. The third kappa shape index (κ3) is 3.91. The number of carbonyl (C=O) groups excluding carboxylic acids is 2. The highest BCUT2D eigenvalue weighted by molar-refractivity contribution is 6.07. The number of carbonyl (C=O) groups is 2. The van der Waals surface area contributed by atoms with Crippen molar-refractivity contribution in [1.82, 2.24) is 20.8 Å². The molecule has 1 aromatic carbocycles. The SMILES string of the molecule is O=C(C[C@H]1C=CCC1)NNC(=O)c1cc(-c2ccncc2)nc2ccccc12. The van der Waals surface area contributed by atoms with Crippen molar-refractivity contribution in [3.8, 4) is 11.3 Å². The van der Waals surface area contributed by atoms with Crippen molar-refractivity contribution >= 4 is 22.7 Å². The van der Waals surface area contributed by atoms with Gasteiger partial charge in [-0.3, -0.25) is 25.4 Å². The summed E-state index contributed by atoms with van der Waals surface area (Å²) >= 11 is 0. The topological polar surface area (TPSA) is 84.0 Å². The average Bonchev–Trinajstić information content (AvgIpc) is 3.25. The van der Waals surface area contributed by atoms with E-state index in [1.165, 1.54) is 0 Å². The van der Waals surface area contributed by atoms with Gasteiger partial charge in [-0.05, 0) is 43.0 Å². The largest absolute Gasteiger partial charge is 0.273 e. The minimum absolute atomic E-state index is 0.197. The molecule has 0 unspecified atom stereocenters. The average molecular weight is 372 g/mol. The van der Waals surface area contributed by atoms with Crippen molar-refractivity contribution in [2.75, 3.05) is 0 Å². The first-order valence-corrected chi connectivity index (χ1v) is 9.27. The molecule has 2 N–H and O–H groups in total. The minimum atomic E-state index is -0.371. The predicted molar refractivity (Wildman–Crippen MR) is 107 cm³/mol. The van der Waals surface area contributed by atoms with Crippen molar-refractivity contribution in [2.24, 2.45) is 5.92 Å². The zero-order chi connectivity index (χ0) is 19.3. The van der Waals surface area contributed by atoms with Crippen molar-refractivity contribution in [3.05, 3.63) is 72.6 Å². The number of benzene rings is 1. The van der Waals surface area contributed by atoms with Crippen molar-refractivity contribution in [2.45, 2.75) is 19.3 Å². The van der Waals surface area contributed by atoms with E-state index >= 15 is 0 Å². The van der Waals surface area contributed by atoms with E-state index in [0.717, 1.165) is 23.8 Å². The number of nitrogens with one attached hydrogen (secondary N) is 2. The molecular formula is C22H20N4O2. The van der Waals surface area contributed by atoms with E-state index in [9.17, 15) is 9.59 Å². The molecule has 0 bridgehead atoms. The fourth-order valence-electron chi connectivity index (χ4n) is 3.38. The van der Waals surface area contributed by atoms with Crippen LogP contribution in [0.4, 0.5) is 0 Å². The molecule has 1 aliphatic carbocycles. The number of nitrogens with zero attached hydrogens (tertiary/aromatic N) is 2. The quantitative estimate of drug-likeness (QED) is 0.543. The summed E-state index contributed by atoms with van der Waals surface area (Å²) in [5.74, 6) is -0.321. The highest BCUT2D eigenvalue weighted by Crippen LogP contribution is 2.24. The van der Waals surface area contributed by atoms with Crippen molar-refractivity contribution in [1.29, 1.82) is 0 Å². The molecule has 6 heteroatoms. The Bertz CT molecular complexity index is 1050. The van der Waals surface area contributed by atoms with Crippen LogP contribution in [-0.2, 0) is 4.79 Å². The number of fused-ring (bicyclic) bond motifs is 1. The molecule has 0 aliphatic heterocycles. The lowest BCUT2D eigenvalue weighted by molar-refractivity contribution is -0.122. The smallest absolute Gasteiger partial charge is 0.270 e. The molecule has 28 heavy (non-hydrogen) atoms. The lowest BCUT2D eigenvalue weighted by Gasteiger charge is -2.12. The molecule has 2 heterocycles. The van der Waals surface area contributed by atoms with E-state index in [-0.39, 0.29) is 17.7 Å². The van der Waals surface area contributed by atoms with E-state index in [1.807, 2.05) is 36.4 Å². The minimum Gasteiger partial charge on any atom is -0.273 e. The maximum Gasteiger partial charge on any atom is 0.270 e. The molecule has 1 atom stereocenters. The van der Waals surface area contributed by atoms with Crippen LogP contribution in [0.25, 0.3) is 22.2 Å². The Kier molecular flexibility index (Phi) is 5.10. The molecule has 0 saturated carbocycles. The van der Waals surface area contributed by atoms with Gasteiger partial charge in [-0.1, -0.05) is 30.4 Å². The Morgan fingerprint density at radius 3 is 2.68 bits per heavy atom. The van der Waals surface area contributed by atoms with Crippen LogP contribution in [0.5, 0.6) is 0 Å². The summed E-state index contributed by atoms with van der Waals surface area (Å²) in [6.07, 6.45) is 9.86. The number of hydrazine groups is 1. The summed E-state index contributed by atoms with van der Waals surface area (Å²) in [5.41, 5.74) is 7.78. The maximum absolute atomic E-state index is 12.8. The van der Waals surface area contributed by atoms with Crippen LogP contribution in [0, 0.1) is 5.92 Å². The Morgan fingerprint density at radius 1 is 1.07 bits per heavy atom. The molecule has 3 aromatic rings. The second-order valence-electron chi connectivity index (χ2n) is 6.78. The van der Waals surface area contributed by atoms with Gasteiger partial charge in [0, 0.05) is 29.8 Å². The van der Waals surface area contributed by atoms with Gasteiger partial charge in [0.2, 0.25) is 5.91 Å². The summed E-state index contributed by atoms with van der Waals surface area (Å²) < 4.78 is 0. The standard InChI is InChI=1S/C22H20N4O2/c27-21(13-15-5-1-2-6-15)25-26-22(28)18-14-20(16-9-11-23-12-10-16)24-19-8-4-3-7-17(18)19/h1,3-5,7-12,14-15H,2,6,13H2,(H,25,27)(H,26,28)/t15-/m0/s1. The van der Waals surface area contributed by atoms with Crippen LogP contribution in [-0.4, -0.2) is 21.8 Å². The van der Waals surface area contributed by atoms with Gasteiger partial charge in [0.1, 0.15) is 0 Å². The fourth-order valence-corrected chi connectivity index (χ4v) is 3.38. The summed E-state index contributed by atoms with van der Waals surface area (Å²) in [7, 11) is 0. The van der Waals surface area contributed by atoms with Crippen molar-refractivity contribution in [3.63, 3.8) is 0 Å². The number of pyridine rings is 2. The van der Waals surface area contributed by atoms with Crippen LogP contribution in [0.2, 0.25) is 0 Å². The van der Waals surface area contributed by atoms with E-state index in [0.29, 0.717) is 23.2 Å². The second kappa shape index (κ2) is 8.00. The number of rotatable bonds is 4. The normalized spacial score (nSPS) is 15.5. The van der Waals surface area contributed by atoms with E-state index < -0.39 is 0 Å². The molecule has 1 aliphatic rings. The van der Waals surface area contributed by atoms with Crippen LogP contribution in [0.1, 0.15) is 29.6 Å². The van der Waals surface area contributed by atoms with Gasteiger partial charge in [-0.2, -0.15) is 0 Å². The number of amides is 2.